The standard InChI is InChI=1S/C16H18N4O2.ClH/c1-22-13-3-5-14(19-9-13)10-2-4-15(18-8-10)16(21)20-12-6-11(17)7-12;/h2-5,8-9,11-12H,6-7,17H2,1H3,(H,20,21);1H. The molecule has 6 nitrogen and oxygen atoms in total. The molecule has 1 amide bonds. The van der Waals surface area contributed by atoms with Crippen molar-refractivity contribution in [3.05, 3.63) is 42.4 Å². The lowest BCUT2D eigenvalue weighted by Gasteiger charge is -2.32. The highest BCUT2D eigenvalue weighted by atomic mass is 35.5. The maximum absolute atomic E-state index is 12.0. The largest absolute Gasteiger partial charge is 0.495 e. The predicted molar refractivity (Wildman–Crippen MR) is 89.7 cm³/mol. The molecule has 3 N–H and O–H groups in total. The molecule has 2 aromatic heterocycles. The fourth-order valence-corrected chi connectivity index (χ4v) is 2.39. The molecule has 0 aromatic carbocycles. The lowest BCUT2D eigenvalue weighted by atomic mass is 9.87. The van der Waals surface area contributed by atoms with Gasteiger partial charge in [-0.2, -0.15) is 0 Å². The molecule has 3 rings (SSSR count). The Kier molecular flexibility index (Phi) is 5.52. The van der Waals surface area contributed by atoms with Gasteiger partial charge >= 0.3 is 0 Å². The second-order valence-electron chi connectivity index (χ2n) is 5.42. The minimum Gasteiger partial charge on any atom is -0.495 e. The van der Waals surface area contributed by atoms with Gasteiger partial charge in [0.05, 0.1) is 19.0 Å². The fourth-order valence-electron chi connectivity index (χ4n) is 2.39. The van der Waals surface area contributed by atoms with Gasteiger partial charge in [0.1, 0.15) is 11.4 Å². The summed E-state index contributed by atoms with van der Waals surface area (Å²) in [5.74, 6) is 0.539. The summed E-state index contributed by atoms with van der Waals surface area (Å²) in [4.78, 5) is 20.5. The van der Waals surface area contributed by atoms with Gasteiger partial charge in [0.25, 0.3) is 5.91 Å². The summed E-state index contributed by atoms with van der Waals surface area (Å²) in [6.45, 7) is 0. The van der Waals surface area contributed by atoms with E-state index in [0.717, 1.165) is 24.1 Å². The van der Waals surface area contributed by atoms with Crippen molar-refractivity contribution in [3.8, 4) is 17.0 Å². The van der Waals surface area contributed by atoms with Crippen molar-refractivity contribution in [1.29, 1.82) is 0 Å². The first-order valence-electron chi connectivity index (χ1n) is 7.18. The van der Waals surface area contributed by atoms with Gasteiger partial charge in [-0.3, -0.25) is 14.8 Å². The number of methoxy groups -OCH3 is 1. The number of amides is 1. The Morgan fingerprint density at radius 2 is 2.00 bits per heavy atom. The average Bonchev–Trinajstić information content (AvgIpc) is 2.53. The van der Waals surface area contributed by atoms with Gasteiger partial charge in [0.15, 0.2) is 0 Å². The Hall–Kier alpha value is -2.18. The summed E-state index contributed by atoms with van der Waals surface area (Å²) in [5.41, 5.74) is 7.74. The summed E-state index contributed by atoms with van der Waals surface area (Å²) in [7, 11) is 1.60. The zero-order valence-corrected chi connectivity index (χ0v) is 13.5. The number of rotatable bonds is 4. The highest BCUT2D eigenvalue weighted by Gasteiger charge is 2.27. The third kappa shape index (κ3) is 3.97. The summed E-state index contributed by atoms with van der Waals surface area (Å²) in [6, 6.07) is 7.61. The van der Waals surface area contributed by atoms with Crippen LogP contribution in [0.5, 0.6) is 5.75 Å². The molecule has 23 heavy (non-hydrogen) atoms. The molecule has 0 saturated heterocycles. The van der Waals surface area contributed by atoms with Gasteiger partial charge < -0.3 is 15.8 Å². The average molecular weight is 335 g/mol. The molecular formula is C16H19ClN4O2. The second-order valence-corrected chi connectivity index (χ2v) is 5.42. The molecule has 122 valence electrons. The maximum atomic E-state index is 12.0. The summed E-state index contributed by atoms with van der Waals surface area (Å²) < 4.78 is 5.08. The Balaban J connectivity index is 0.00000192. The van der Waals surface area contributed by atoms with Gasteiger partial charge in [-0.25, -0.2) is 0 Å². The van der Waals surface area contributed by atoms with Crippen molar-refractivity contribution in [2.45, 2.75) is 24.9 Å². The van der Waals surface area contributed by atoms with Crippen LogP contribution in [-0.4, -0.2) is 35.1 Å². The number of ether oxygens (including phenoxy) is 1. The number of hydrogen-bond donors (Lipinski definition) is 2. The van der Waals surface area contributed by atoms with Crippen LogP contribution in [0.15, 0.2) is 36.7 Å². The number of aromatic nitrogens is 2. The molecule has 7 heteroatoms. The third-order valence-corrected chi connectivity index (χ3v) is 3.77. The quantitative estimate of drug-likeness (QED) is 0.889. The van der Waals surface area contributed by atoms with Crippen LogP contribution < -0.4 is 15.8 Å². The monoisotopic (exact) mass is 334 g/mol. The first kappa shape index (κ1) is 17.2. The first-order valence-corrected chi connectivity index (χ1v) is 7.18. The van der Waals surface area contributed by atoms with E-state index in [-0.39, 0.29) is 30.4 Å². The maximum Gasteiger partial charge on any atom is 0.270 e. The van der Waals surface area contributed by atoms with Crippen LogP contribution >= 0.6 is 12.4 Å². The molecule has 0 radical (unpaired) electrons. The van der Waals surface area contributed by atoms with E-state index in [0.29, 0.717) is 11.4 Å². The summed E-state index contributed by atoms with van der Waals surface area (Å²) in [6.07, 6.45) is 4.96. The molecule has 0 aliphatic heterocycles. The van der Waals surface area contributed by atoms with Crippen LogP contribution in [0.1, 0.15) is 23.3 Å². The van der Waals surface area contributed by atoms with Crippen molar-refractivity contribution in [1.82, 2.24) is 15.3 Å². The predicted octanol–water partition coefficient (Wildman–Crippen LogP) is 1.79. The zero-order chi connectivity index (χ0) is 15.5. The van der Waals surface area contributed by atoms with Crippen LogP contribution in [0.2, 0.25) is 0 Å². The van der Waals surface area contributed by atoms with E-state index in [2.05, 4.69) is 15.3 Å². The van der Waals surface area contributed by atoms with Crippen LogP contribution in [-0.2, 0) is 0 Å². The van der Waals surface area contributed by atoms with E-state index in [1.54, 1.807) is 25.6 Å². The molecule has 1 aliphatic rings. The van der Waals surface area contributed by atoms with Crippen molar-refractivity contribution < 1.29 is 9.53 Å². The molecule has 0 unspecified atom stereocenters. The molecule has 2 aromatic rings. The van der Waals surface area contributed by atoms with Gasteiger partial charge in [-0.05, 0) is 37.1 Å². The van der Waals surface area contributed by atoms with Crippen molar-refractivity contribution >= 4 is 18.3 Å². The Morgan fingerprint density at radius 1 is 1.22 bits per heavy atom. The Bertz CT molecular complexity index is 655. The number of pyridine rings is 2. The minimum absolute atomic E-state index is 0. The number of carbonyl (C=O) groups excluding carboxylic acids is 1. The highest BCUT2D eigenvalue weighted by molar-refractivity contribution is 5.92. The second kappa shape index (κ2) is 7.39. The molecular weight excluding hydrogens is 316 g/mol. The topological polar surface area (TPSA) is 90.1 Å². The number of halogens is 1. The summed E-state index contributed by atoms with van der Waals surface area (Å²) in [5, 5.41) is 2.92. The number of nitrogens with two attached hydrogens (primary N) is 1. The van der Waals surface area contributed by atoms with Crippen molar-refractivity contribution in [2.75, 3.05) is 7.11 Å². The highest BCUT2D eigenvalue weighted by Crippen LogP contribution is 2.20. The van der Waals surface area contributed by atoms with Crippen LogP contribution in [0.25, 0.3) is 11.3 Å². The molecule has 2 heterocycles. The first-order chi connectivity index (χ1) is 10.7. The lowest BCUT2D eigenvalue weighted by Crippen LogP contribution is -2.50. The van der Waals surface area contributed by atoms with Gasteiger partial charge in [-0.1, -0.05) is 0 Å². The lowest BCUT2D eigenvalue weighted by molar-refractivity contribution is 0.0905. The van der Waals surface area contributed by atoms with Crippen LogP contribution in [0.4, 0.5) is 0 Å². The minimum atomic E-state index is -0.161. The smallest absolute Gasteiger partial charge is 0.270 e. The number of hydrogen-bond acceptors (Lipinski definition) is 5. The van der Waals surface area contributed by atoms with E-state index in [1.165, 1.54) is 0 Å². The fraction of sp³-hybridized carbons (Fsp3) is 0.312. The zero-order valence-electron chi connectivity index (χ0n) is 12.7. The molecule has 0 spiro atoms. The molecule has 0 bridgehead atoms. The van der Waals surface area contributed by atoms with E-state index >= 15 is 0 Å². The van der Waals surface area contributed by atoms with E-state index < -0.39 is 0 Å². The number of carbonyl (C=O) groups is 1. The van der Waals surface area contributed by atoms with Gasteiger partial charge in [-0.15, -0.1) is 12.4 Å². The van der Waals surface area contributed by atoms with Gasteiger partial charge in [0, 0.05) is 23.8 Å². The van der Waals surface area contributed by atoms with E-state index in [9.17, 15) is 4.79 Å². The number of nitrogens with zero attached hydrogens (tertiary/aromatic N) is 2. The molecule has 1 saturated carbocycles. The van der Waals surface area contributed by atoms with Crippen molar-refractivity contribution in [2.24, 2.45) is 5.73 Å². The normalized spacial score (nSPS) is 19.2. The molecule has 1 aliphatic carbocycles. The SMILES string of the molecule is COc1ccc(-c2ccc(C(=O)NC3CC(N)C3)nc2)nc1.Cl. The Labute approximate surface area is 140 Å². The molecule has 1 fully saturated rings. The number of nitrogens with one attached hydrogen (secondary N) is 1. The van der Waals surface area contributed by atoms with E-state index in [1.807, 2.05) is 18.2 Å². The van der Waals surface area contributed by atoms with Crippen LogP contribution in [0.3, 0.4) is 0 Å². The third-order valence-electron chi connectivity index (χ3n) is 3.77. The Morgan fingerprint density at radius 3 is 2.52 bits per heavy atom. The van der Waals surface area contributed by atoms with Crippen LogP contribution in [0, 0.1) is 0 Å². The van der Waals surface area contributed by atoms with Gasteiger partial charge in [0.2, 0.25) is 0 Å². The van der Waals surface area contributed by atoms with E-state index in [4.69, 9.17) is 10.5 Å². The van der Waals surface area contributed by atoms with Crippen molar-refractivity contribution in [3.63, 3.8) is 0 Å². The molecule has 0 atom stereocenters. The summed E-state index contributed by atoms with van der Waals surface area (Å²) >= 11 is 0.